The average Bonchev–Trinajstić information content (AvgIpc) is 3.51. The van der Waals surface area contributed by atoms with Gasteiger partial charge in [-0.2, -0.15) is 0 Å². The summed E-state index contributed by atoms with van der Waals surface area (Å²) in [6, 6.07) is 17.7. The Morgan fingerprint density at radius 2 is 1.48 bits per heavy atom. The Hall–Kier alpha value is -2.90. The van der Waals surface area contributed by atoms with Crippen LogP contribution in [-0.4, -0.2) is 82.5 Å². The van der Waals surface area contributed by atoms with Crippen molar-refractivity contribution in [3.8, 4) is 5.75 Å². The lowest BCUT2D eigenvalue weighted by molar-refractivity contribution is -0.133. The standard InChI is InChI=1S/C26H33N5O2/c32-26(30-18-16-29(17-19-30)15-14-28-12-6-7-13-28)20-31-24-11-5-4-10-23(24)27-25(31)21-33-22-8-2-1-3-9-22/h1-5,8-11H,6-7,12-21H2. The molecule has 2 saturated heterocycles. The van der Waals surface area contributed by atoms with Gasteiger partial charge in [-0.15, -0.1) is 0 Å². The van der Waals surface area contributed by atoms with Crippen LogP contribution in [0.25, 0.3) is 11.0 Å². The average molecular weight is 448 g/mol. The first-order chi connectivity index (χ1) is 16.3. The fourth-order valence-corrected chi connectivity index (χ4v) is 4.82. The summed E-state index contributed by atoms with van der Waals surface area (Å²) in [5.74, 6) is 1.73. The molecule has 0 aliphatic carbocycles. The van der Waals surface area contributed by atoms with Gasteiger partial charge in [0.25, 0.3) is 0 Å². The van der Waals surface area contributed by atoms with Gasteiger partial charge < -0.3 is 19.1 Å². The molecule has 0 unspecified atom stereocenters. The minimum atomic E-state index is 0.151. The SMILES string of the molecule is O=C(Cn1c(COc2ccccc2)nc2ccccc21)N1CCN(CCN2CCCC2)CC1. The normalized spacial score (nSPS) is 17.6. The molecule has 2 fully saturated rings. The number of fused-ring (bicyclic) bond motifs is 1. The molecule has 0 saturated carbocycles. The number of amides is 1. The molecule has 0 bridgehead atoms. The molecule has 3 heterocycles. The maximum atomic E-state index is 13.2. The highest BCUT2D eigenvalue weighted by Crippen LogP contribution is 2.19. The lowest BCUT2D eigenvalue weighted by Gasteiger charge is -2.35. The minimum Gasteiger partial charge on any atom is -0.486 e. The molecular weight excluding hydrogens is 414 g/mol. The van der Waals surface area contributed by atoms with Crippen LogP contribution in [0.1, 0.15) is 18.7 Å². The van der Waals surface area contributed by atoms with Gasteiger partial charge in [0.15, 0.2) is 0 Å². The number of hydrogen-bond donors (Lipinski definition) is 0. The molecule has 1 aromatic heterocycles. The quantitative estimate of drug-likeness (QED) is 0.532. The van der Waals surface area contributed by atoms with E-state index in [1.165, 1.54) is 25.9 Å². The zero-order chi connectivity index (χ0) is 22.5. The number of benzene rings is 2. The molecule has 3 aromatic rings. The third-order valence-electron chi connectivity index (χ3n) is 6.79. The van der Waals surface area contributed by atoms with Crippen molar-refractivity contribution in [3.05, 3.63) is 60.4 Å². The minimum absolute atomic E-state index is 0.151. The third-order valence-corrected chi connectivity index (χ3v) is 6.79. The summed E-state index contributed by atoms with van der Waals surface area (Å²) in [5, 5.41) is 0. The second-order valence-electron chi connectivity index (χ2n) is 8.98. The van der Waals surface area contributed by atoms with E-state index in [0.29, 0.717) is 13.2 Å². The molecule has 2 aliphatic heterocycles. The number of aromatic nitrogens is 2. The molecule has 0 atom stereocenters. The van der Waals surface area contributed by atoms with E-state index in [1.807, 2.05) is 64.1 Å². The molecule has 5 rings (SSSR count). The van der Waals surface area contributed by atoms with Gasteiger partial charge in [-0.25, -0.2) is 4.98 Å². The van der Waals surface area contributed by atoms with Gasteiger partial charge in [-0.3, -0.25) is 9.69 Å². The third kappa shape index (κ3) is 5.37. The molecule has 1 amide bonds. The second-order valence-corrected chi connectivity index (χ2v) is 8.98. The molecule has 2 aliphatic rings. The zero-order valence-corrected chi connectivity index (χ0v) is 19.2. The summed E-state index contributed by atoms with van der Waals surface area (Å²) in [5.41, 5.74) is 1.87. The number of rotatable bonds is 8. The second kappa shape index (κ2) is 10.4. The number of nitrogens with zero attached hydrogens (tertiary/aromatic N) is 5. The molecule has 174 valence electrons. The van der Waals surface area contributed by atoms with Crippen molar-refractivity contribution in [1.82, 2.24) is 24.3 Å². The van der Waals surface area contributed by atoms with E-state index in [1.54, 1.807) is 0 Å². The van der Waals surface area contributed by atoms with E-state index in [-0.39, 0.29) is 5.91 Å². The zero-order valence-electron chi connectivity index (χ0n) is 19.2. The topological polar surface area (TPSA) is 53.8 Å². The predicted octanol–water partition coefficient (Wildman–Crippen LogP) is 2.86. The molecule has 7 heteroatoms. The van der Waals surface area contributed by atoms with Gasteiger partial charge in [0, 0.05) is 39.3 Å². The number of piperazine rings is 1. The van der Waals surface area contributed by atoms with E-state index in [9.17, 15) is 4.79 Å². The van der Waals surface area contributed by atoms with Crippen LogP contribution >= 0.6 is 0 Å². The number of carbonyl (C=O) groups excluding carboxylic acids is 1. The van der Waals surface area contributed by atoms with Crippen LogP contribution in [0.3, 0.4) is 0 Å². The fraction of sp³-hybridized carbons (Fsp3) is 0.462. The largest absolute Gasteiger partial charge is 0.486 e. The van der Waals surface area contributed by atoms with Gasteiger partial charge in [0.1, 0.15) is 24.7 Å². The monoisotopic (exact) mass is 447 g/mol. The van der Waals surface area contributed by atoms with Crippen molar-refractivity contribution in [2.24, 2.45) is 0 Å². The first kappa shape index (κ1) is 21.9. The van der Waals surface area contributed by atoms with Gasteiger partial charge in [-0.1, -0.05) is 30.3 Å². The van der Waals surface area contributed by atoms with Crippen LogP contribution in [0, 0.1) is 0 Å². The first-order valence-corrected chi connectivity index (χ1v) is 12.1. The highest BCUT2D eigenvalue weighted by atomic mass is 16.5. The number of likely N-dealkylation sites (tertiary alicyclic amines) is 1. The Kier molecular flexibility index (Phi) is 6.88. The van der Waals surface area contributed by atoms with Crippen LogP contribution in [0.15, 0.2) is 54.6 Å². The molecular formula is C26H33N5O2. The van der Waals surface area contributed by atoms with Crippen molar-refractivity contribution in [3.63, 3.8) is 0 Å². The molecule has 0 spiro atoms. The lowest BCUT2D eigenvalue weighted by Crippen LogP contribution is -2.50. The summed E-state index contributed by atoms with van der Waals surface area (Å²) in [7, 11) is 0. The van der Waals surface area contributed by atoms with E-state index in [2.05, 4.69) is 9.80 Å². The maximum Gasteiger partial charge on any atom is 0.242 e. The summed E-state index contributed by atoms with van der Waals surface area (Å²) in [4.78, 5) is 25.0. The molecule has 33 heavy (non-hydrogen) atoms. The van der Waals surface area contributed by atoms with Gasteiger partial charge in [0.05, 0.1) is 11.0 Å². The number of ether oxygens (including phenoxy) is 1. The van der Waals surface area contributed by atoms with Crippen LogP contribution in [-0.2, 0) is 17.9 Å². The number of imidazole rings is 1. The highest BCUT2D eigenvalue weighted by molar-refractivity contribution is 5.81. The summed E-state index contributed by atoms with van der Waals surface area (Å²) in [6.07, 6.45) is 2.67. The van der Waals surface area contributed by atoms with Gasteiger partial charge in [0.2, 0.25) is 5.91 Å². The van der Waals surface area contributed by atoms with Crippen LogP contribution < -0.4 is 4.74 Å². The summed E-state index contributed by atoms with van der Waals surface area (Å²) in [6.45, 7) is 8.86. The molecule has 0 N–H and O–H groups in total. The van der Waals surface area contributed by atoms with Crippen LogP contribution in [0.2, 0.25) is 0 Å². The summed E-state index contributed by atoms with van der Waals surface area (Å²) >= 11 is 0. The number of para-hydroxylation sites is 3. The Morgan fingerprint density at radius 1 is 0.818 bits per heavy atom. The predicted molar refractivity (Wildman–Crippen MR) is 129 cm³/mol. The van der Waals surface area contributed by atoms with Gasteiger partial charge >= 0.3 is 0 Å². The summed E-state index contributed by atoms with van der Waals surface area (Å²) < 4.78 is 7.97. The van der Waals surface area contributed by atoms with Crippen molar-refractivity contribution >= 4 is 16.9 Å². The maximum absolute atomic E-state index is 13.2. The Labute approximate surface area is 195 Å². The van der Waals surface area contributed by atoms with E-state index in [0.717, 1.165) is 61.9 Å². The number of carbonyl (C=O) groups is 1. The highest BCUT2D eigenvalue weighted by Gasteiger charge is 2.23. The Bertz CT molecular complexity index is 1050. The Balaban J connectivity index is 1.20. The number of hydrogen-bond acceptors (Lipinski definition) is 5. The van der Waals surface area contributed by atoms with E-state index < -0.39 is 0 Å². The fourth-order valence-electron chi connectivity index (χ4n) is 4.82. The van der Waals surface area contributed by atoms with Crippen LogP contribution in [0.4, 0.5) is 0 Å². The van der Waals surface area contributed by atoms with Gasteiger partial charge in [-0.05, 0) is 50.2 Å². The van der Waals surface area contributed by atoms with E-state index >= 15 is 0 Å². The Morgan fingerprint density at radius 3 is 2.24 bits per heavy atom. The van der Waals surface area contributed by atoms with Crippen molar-refractivity contribution in [1.29, 1.82) is 0 Å². The van der Waals surface area contributed by atoms with Crippen molar-refractivity contribution in [2.45, 2.75) is 26.0 Å². The molecule has 7 nitrogen and oxygen atoms in total. The lowest BCUT2D eigenvalue weighted by atomic mass is 10.3. The van der Waals surface area contributed by atoms with Crippen LogP contribution in [0.5, 0.6) is 5.75 Å². The molecule has 2 aromatic carbocycles. The smallest absolute Gasteiger partial charge is 0.242 e. The van der Waals surface area contributed by atoms with Crippen molar-refractivity contribution in [2.75, 3.05) is 52.4 Å². The molecule has 0 radical (unpaired) electrons. The first-order valence-electron chi connectivity index (χ1n) is 12.1. The van der Waals surface area contributed by atoms with Crippen molar-refractivity contribution < 1.29 is 9.53 Å². The van der Waals surface area contributed by atoms with E-state index in [4.69, 9.17) is 9.72 Å².